The van der Waals surface area contributed by atoms with E-state index in [0.29, 0.717) is 0 Å². The molecule has 208 valence electrons. The second kappa shape index (κ2) is 11.2. The van der Waals surface area contributed by atoms with Crippen LogP contribution in [0.3, 0.4) is 0 Å². The monoisotopic (exact) mass is 567 g/mol. The first kappa shape index (κ1) is 27.6. The Hall–Kier alpha value is -3.99. The molecule has 1 aliphatic heterocycles. The first-order chi connectivity index (χ1) is 19.1. The number of ether oxygens (including phenoxy) is 1. The van der Waals surface area contributed by atoms with E-state index in [2.05, 4.69) is 25.2 Å². The number of fused-ring (bicyclic) bond motifs is 3. The molecule has 2 aliphatic rings. The summed E-state index contributed by atoms with van der Waals surface area (Å²) in [6, 6.07) is 17.5. The number of urea groups is 1. The summed E-state index contributed by atoms with van der Waals surface area (Å²) in [5.74, 6) is -0.113. The molecule has 3 aromatic carbocycles. The van der Waals surface area contributed by atoms with Crippen molar-refractivity contribution in [3.8, 4) is 5.75 Å². The lowest BCUT2D eigenvalue weighted by atomic mass is 9.77. The van der Waals surface area contributed by atoms with E-state index in [-0.39, 0.29) is 23.7 Å². The summed E-state index contributed by atoms with van der Waals surface area (Å²) in [7, 11) is 1.89. The predicted octanol–water partition coefficient (Wildman–Crippen LogP) is 6.96. The highest BCUT2D eigenvalue weighted by atomic mass is 32.2. The van der Waals surface area contributed by atoms with Crippen LogP contribution in [0.5, 0.6) is 5.75 Å². The van der Waals surface area contributed by atoms with Crippen LogP contribution in [0.2, 0.25) is 0 Å². The van der Waals surface area contributed by atoms with Crippen molar-refractivity contribution in [3.05, 3.63) is 94.0 Å². The van der Waals surface area contributed by atoms with Gasteiger partial charge in [0.05, 0.1) is 23.9 Å². The molecule has 2 unspecified atom stereocenters. The Morgan fingerprint density at radius 3 is 2.55 bits per heavy atom. The number of alkyl halides is 3. The van der Waals surface area contributed by atoms with E-state index >= 15 is 0 Å². The minimum absolute atomic E-state index is 0.0681. The number of halogens is 3. The maximum absolute atomic E-state index is 12.5. The Kier molecular flexibility index (Phi) is 7.75. The number of nitrogens with one attached hydrogen (secondary N) is 2. The van der Waals surface area contributed by atoms with Gasteiger partial charge < -0.3 is 10.1 Å². The Morgan fingerprint density at radius 1 is 1.12 bits per heavy atom. The summed E-state index contributed by atoms with van der Waals surface area (Å²) < 4.78 is 48.6. The third kappa shape index (κ3) is 6.09. The van der Waals surface area contributed by atoms with E-state index in [1.807, 2.05) is 56.2 Å². The largest absolute Gasteiger partial charge is 0.573 e. The van der Waals surface area contributed by atoms with Crippen LogP contribution in [-0.4, -0.2) is 36.4 Å². The zero-order valence-electron chi connectivity index (χ0n) is 22.1. The lowest BCUT2D eigenvalue weighted by Crippen LogP contribution is -2.27. The number of hydrazone groups is 1. The molecule has 0 fully saturated rings. The van der Waals surface area contributed by atoms with Gasteiger partial charge in [0.25, 0.3) is 0 Å². The molecule has 2 atom stereocenters. The van der Waals surface area contributed by atoms with Gasteiger partial charge in [-0.1, -0.05) is 42.5 Å². The quantitative estimate of drug-likeness (QED) is 0.249. The van der Waals surface area contributed by atoms with E-state index in [1.165, 1.54) is 12.1 Å². The SMILES string of the molecule is Cc1cccc(C)c1NC(=O)NSN=Cc1ccc2c(c1)CCC1C2=NN(C)C1c1ccc(OC(F)(F)F)cc1. The van der Waals surface area contributed by atoms with Gasteiger partial charge in [-0.15, -0.1) is 13.2 Å². The van der Waals surface area contributed by atoms with Gasteiger partial charge in [-0.3, -0.25) is 9.73 Å². The molecule has 1 heterocycles. The molecular formula is C29H28F3N5O2S. The number of amides is 2. The molecule has 2 amide bonds. The van der Waals surface area contributed by atoms with Gasteiger partial charge in [-0.25, -0.2) is 9.19 Å². The molecule has 7 nitrogen and oxygen atoms in total. The average molecular weight is 568 g/mol. The fourth-order valence-electron chi connectivity index (χ4n) is 5.35. The van der Waals surface area contributed by atoms with Gasteiger partial charge in [0.2, 0.25) is 0 Å². The Labute approximate surface area is 234 Å². The highest BCUT2D eigenvalue weighted by Gasteiger charge is 2.40. The average Bonchev–Trinajstić information content (AvgIpc) is 3.24. The number of carbonyl (C=O) groups is 1. The number of hydrogen-bond donors (Lipinski definition) is 2. The summed E-state index contributed by atoms with van der Waals surface area (Å²) in [6.07, 6.45) is -1.32. The molecule has 0 bridgehead atoms. The maximum atomic E-state index is 12.5. The number of benzene rings is 3. The van der Waals surface area contributed by atoms with Crippen LogP contribution in [0.4, 0.5) is 23.7 Å². The van der Waals surface area contributed by atoms with Crippen molar-refractivity contribution in [3.63, 3.8) is 0 Å². The molecule has 0 saturated heterocycles. The van der Waals surface area contributed by atoms with Crippen molar-refractivity contribution in [1.29, 1.82) is 0 Å². The number of para-hydroxylation sites is 1. The van der Waals surface area contributed by atoms with Crippen LogP contribution in [0.25, 0.3) is 0 Å². The van der Waals surface area contributed by atoms with Crippen LogP contribution < -0.4 is 14.8 Å². The van der Waals surface area contributed by atoms with Crippen molar-refractivity contribution in [2.45, 2.75) is 39.1 Å². The Bertz CT molecular complexity index is 1450. The molecular weight excluding hydrogens is 539 g/mol. The van der Waals surface area contributed by atoms with Crippen molar-refractivity contribution < 1.29 is 22.7 Å². The standard InChI is InChI=1S/C29H28F3N5O2S/c1-17-5-4-6-18(2)25(17)34-28(38)36-40-33-16-19-7-13-23-21(15-19)10-14-24-26(23)35-37(3)27(24)20-8-11-22(12-9-20)39-29(30,31)32/h4-9,11-13,15-16,24,27H,10,14H2,1-3H3,(H2,34,36,38). The number of rotatable bonds is 6. The van der Waals surface area contributed by atoms with E-state index in [1.54, 1.807) is 18.3 Å². The maximum Gasteiger partial charge on any atom is 0.573 e. The predicted molar refractivity (Wildman–Crippen MR) is 152 cm³/mol. The van der Waals surface area contributed by atoms with Gasteiger partial charge >= 0.3 is 12.4 Å². The van der Waals surface area contributed by atoms with E-state index in [0.717, 1.165) is 69.8 Å². The minimum Gasteiger partial charge on any atom is -0.406 e. The van der Waals surface area contributed by atoms with Crippen molar-refractivity contribution >= 4 is 35.8 Å². The zero-order valence-corrected chi connectivity index (χ0v) is 22.9. The first-order valence-corrected chi connectivity index (χ1v) is 13.5. The number of hydrogen-bond acceptors (Lipinski definition) is 6. The molecule has 0 radical (unpaired) electrons. The number of carbonyl (C=O) groups excluding carboxylic acids is 1. The summed E-state index contributed by atoms with van der Waals surface area (Å²) in [4.78, 5) is 12.3. The summed E-state index contributed by atoms with van der Waals surface area (Å²) >= 11 is 0.948. The van der Waals surface area contributed by atoms with Crippen molar-refractivity contribution in [2.24, 2.45) is 15.4 Å². The topological polar surface area (TPSA) is 78.3 Å². The van der Waals surface area contributed by atoms with Gasteiger partial charge in [-0.2, -0.15) is 5.10 Å². The summed E-state index contributed by atoms with van der Waals surface area (Å²) in [5.41, 5.74) is 7.76. The second-order valence-electron chi connectivity index (χ2n) is 9.83. The molecule has 40 heavy (non-hydrogen) atoms. The number of aryl methyl sites for hydroxylation is 3. The summed E-state index contributed by atoms with van der Waals surface area (Å²) in [5, 5.41) is 9.55. The normalized spacial score (nSPS) is 18.2. The lowest BCUT2D eigenvalue weighted by Gasteiger charge is -2.29. The third-order valence-corrected chi connectivity index (χ3v) is 7.59. The highest BCUT2D eigenvalue weighted by molar-refractivity contribution is 7.96. The lowest BCUT2D eigenvalue weighted by molar-refractivity contribution is -0.274. The molecule has 0 saturated carbocycles. The summed E-state index contributed by atoms with van der Waals surface area (Å²) in [6.45, 7) is 3.88. The first-order valence-electron chi connectivity index (χ1n) is 12.7. The van der Waals surface area contributed by atoms with Gasteiger partial charge in [0, 0.05) is 30.4 Å². The van der Waals surface area contributed by atoms with Crippen LogP contribution in [0, 0.1) is 19.8 Å². The van der Waals surface area contributed by atoms with Gasteiger partial charge in [0.15, 0.2) is 0 Å². The zero-order chi connectivity index (χ0) is 28.4. The van der Waals surface area contributed by atoms with Crippen LogP contribution in [0.15, 0.2) is 70.2 Å². The fourth-order valence-corrected chi connectivity index (χ4v) is 5.71. The second-order valence-corrected chi connectivity index (χ2v) is 10.4. The van der Waals surface area contributed by atoms with Gasteiger partial charge in [-0.05, 0) is 72.7 Å². The van der Waals surface area contributed by atoms with Gasteiger partial charge in [0.1, 0.15) is 5.75 Å². The van der Waals surface area contributed by atoms with Crippen molar-refractivity contribution in [2.75, 3.05) is 12.4 Å². The highest BCUT2D eigenvalue weighted by Crippen LogP contribution is 2.43. The molecule has 2 N–H and O–H groups in total. The molecule has 0 aromatic heterocycles. The van der Waals surface area contributed by atoms with E-state index in [4.69, 9.17) is 5.10 Å². The molecule has 11 heteroatoms. The molecule has 5 rings (SSSR count). The molecule has 3 aromatic rings. The van der Waals surface area contributed by atoms with E-state index < -0.39 is 6.36 Å². The minimum atomic E-state index is -4.72. The van der Waals surface area contributed by atoms with E-state index in [9.17, 15) is 18.0 Å². The Morgan fingerprint density at radius 2 is 1.85 bits per heavy atom. The smallest absolute Gasteiger partial charge is 0.406 e. The molecule has 1 aliphatic carbocycles. The molecule has 0 spiro atoms. The van der Waals surface area contributed by atoms with Crippen LogP contribution >= 0.6 is 12.1 Å². The van der Waals surface area contributed by atoms with Crippen LogP contribution in [-0.2, 0) is 6.42 Å². The fraction of sp³-hybridized carbons (Fsp3) is 0.276. The number of nitrogens with zero attached hydrogens (tertiary/aromatic N) is 3. The third-order valence-electron chi connectivity index (χ3n) is 7.10. The number of anilines is 1. The Balaban J connectivity index is 1.21. The van der Waals surface area contributed by atoms with Crippen LogP contribution in [0.1, 0.15) is 45.8 Å². The van der Waals surface area contributed by atoms with Crippen molar-refractivity contribution in [1.82, 2.24) is 9.73 Å².